The van der Waals surface area contributed by atoms with Gasteiger partial charge in [-0.25, -0.2) is 4.98 Å². The lowest BCUT2D eigenvalue weighted by Gasteiger charge is -1.96. The first-order chi connectivity index (χ1) is 4.34. The van der Waals surface area contributed by atoms with Crippen molar-refractivity contribution in [2.75, 3.05) is 5.73 Å². The second-order valence-corrected chi connectivity index (χ2v) is 1.59. The molecule has 0 aliphatic rings. The van der Waals surface area contributed by atoms with Crippen LogP contribution in [-0.2, 0) is 6.54 Å². The molecule has 11 heavy (non-hydrogen) atoms. The number of aromatic nitrogens is 2. The Morgan fingerprint density at radius 1 is 1.18 bits per heavy atom. The van der Waals surface area contributed by atoms with E-state index in [4.69, 9.17) is 11.5 Å². The standard InChI is InChI=1S/C5H8N4.2ClH/c6-3-4-5(7)9-2-1-8-4;;/h1-2H,3,6H2,(H2,7,9);2*1H. The van der Waals surface area contributed by atoms with E-state index in [1.807, 2.05) is 0 Å². The molecule has 4 nitrogen and oxygen atoms in total. The number of halogens is 2. The molecule has 0 fully saturated rings. The van der Waals surface area contributed by atoms with Crippen molar-refractivity contribution in [2.24, 2.45) is 5.73 Å². The zero-order valence-electron chi connectivity index (χ0n) is 5.73. The van der Waals surface area contributed by atoms with Gasteiger partial charge in [-0.3, -0.25) is 4.98 Å². The number of hydrogen-bond donors (Lipinski definition) is 2. The molecule has 0 atom stereocenters. The molecule has 4 N–H and O–H groups in total. The Morgan fingerprint density at radius 3 is 2.09 bits per heavy atom. The molecule has 0 aromatic carbocycles. The van der Waals surface area contributed by atoms with Crippen LogP contribution >= 0.6 is 24.8 Å². The van der Waals surface area contributed by atoms with Gasteiger partial charge in [0, 0.05) is 18.9 Å². The Morgan fingerprint density at radius 2 is 1.73 bits per heavy atom. The van der Waals surface area contributed by atoms with Crippen LogP contribution in [0.2, 0.25) is 0 Å². The molecule has 0 bridgehead atoms. The summed E-state index contributed by atoms with van der Waals surface area (Å²) in [7, 11) is 0. The molecule has 1 aromatic heterocycles. The van der Waals surface area contributed by atoms with Crippen molar-refractivity contribution in [3.63, 3.8) is 0 Å². The highest BCUT2D eigenvalue weighted by Crippen LogP contribution is 1.99. The van der Waals surface area contributed by atoms with E-state index in [1.165, 1.54) is 6.20 Å². The number of anilines is 1. The van der Waals surface area contributed by atoms with Gasteiger partial charge < -0.3 is 11.5 Å². The van der Waals surface area contributed by atoms with E-state index in [2.05, 4.69) is 9.97 Å². The van der Waals surface area contributed by atoms with E-state index in [-0.39, 0.29) is 24.8 Å². The number of nitrogens with zero attached hydrogens (tertiary/aromatic N) is 2. The van der Waals surface area contributed by atoms with Gasteiger partial charge in [0.1, 0.15) is 5.82 Å². The topological polar surface area (TPSA) is 77.8 Å². The van der Waals surface area contributed by atoms with Crippen LogP contribution in [0, 0.1) is 0 Å². The second kappa shape index (κ2) is 6.15. The van der Waals surface area contributed by atoms with Gasteiger partial charge in [0.15, 0.2) is 0 Å². The molecule has 0 aliphatic heterocycles. The summed E-state index contributed by atoms with van der Waals surface area (Å²) in [6.45, 7) is 0.347. The molecule has 0 saturated heterocycles. The Bertz CT molecular complexity index is 205. The van der Waals surface area contributed by atoms with Crippen LogP contribution in [-0.4, -0.2) is 9.97 Å². The summed E-state index contributed by atoms with van der Waals surface area (Å²) in [4.78, 5) is 7.67. The van der Waals surface area contributed by atoms with Crippen LogP contribution < -0.4 is 11.5 Å². The van der Waals surface area contributed by atoms with Crippen LogP contribution in [0.4, 0.5) is 5.82 Å². The number of rotatable bonds is 1. The van der Waals surface area contributed by atoms with Gasteiger partial charge in [0.2, 0.25) is 0 Å². The summed E-state index contributed by atoms with van der Waals surface area (Å²) in [5.74, 6) is 0.417. The molecule has 1 aromatic rings. The molecule has 0 amide bonds. The largest absolute Gasteiger partial charge is 0.382 e. The Labute approximate surface area is 77.2 Å². The van der Waals surface area contributed by atoms with Crippen LogP contribution in [0.5, 0.6) is 0 Å². The minimum absolute atomic E-state index is 0. The third-order valence-corrected chi connectivity index (χ3v) is 1.000. The SMILES string of the molecule is Cl.Cl.NCc1nccnc1N. The Kier molecular flexibility index (Phi) is 7.29. The van der Waals surface area contributed by atoms with Crippen LogP contribution in [0.1, 0.15) is 5.69 Å². The summed E-state index contributed by atoms with van der Waals surface area (Å²) < 4.78 is 0. The summed E-state index contributed by atoms with van der Waals surface area (Å²) in [6, 6.07) is 0. The van der Waals surface area contributed by atoms with E-state index in [1.54, 1.807) is 6.20 Å². The maximum absolute atomic E-state index is 5.38. The summed E-state index contributed by atoms with van der Waals surface area (Å²) in [6.07, 6.45) is 3.10. The van der Waals surface area contributed by atoms with E-state index in [9.17, 15) is 0 Å². The predicted molar refractivity (Wildman–Crippen MR) is 48.8 cm³/mol. The zero-order valence-corrected chi connectivity index (χ0v) is 7.36. The summed E-state index contributed by atoms with van der Waals surface area (Å²) >= 11 is 0. The molecular weight excluding hydrogens is 187 g/mol. The first-order valence-corrected chi connectivity index (χ1v) is 2.60. The summed E-state index contributed by atoms with van der Waals surface area (Å²) in [5.41, 5.74) is 11.3. The highest BCUT2D eigenvalue weighted by Gasteiger charge is 1.94. The Balaban J connectivity index is 0. The molecule has 1 rings (SSSR count). The fourth-order valence-corrected chi connectivity index (χ4v) is 0.535. The average molecular weight is 197 g/mol. The average Bonchev–Trinajstić information content (AvgIpc) is 1.89. The van der Waals surface area contributed by atoms with Gasteiger partial charge in [-0.15, -0.1) is 24.8 Å². The van der Waals surface area contributed by atoms with Gasteiger partial charge >= 0.3 is 0 Å². The van der Waals surface area contributed by atoms with E-state index in [0.29, 0.717) is 18.1 Å². The lowest BCUT2D eigenvalue weighted by molar-refractivity contribution is 0.972. The Hall–Kier alpha value is -0.580. The fourth-order valence-electron chi connectivity index (χ4n) is 0.535. The summed E-state index contributed by atoms with van der Waals surface area (Å²) in [5, 5.41) is 0. The van der Waals surface area contributed by atoms with Gasteiger partial charge in [-0.05, 0) is 0 Å². The van der Waals surface area contributed by atoms with E-state index in [0.717, 1.165) is 0 Å². The lowest BCUT2D eigenvalue weighted by atomic mass is 10.4. The molecule has 0 aliphatic carbocycles. The highest BCUT2D eigenvalue weighted by molar-refractivity contribution is 5.85. The smallest absolute Gasteiger partial charge is 0.146 e. The predicted octanol–water partition coefficient (Wildman–Crippen LogP) is 0.361. The van der Waals surface area contributed by atoms with Crippen molar-refractivity contribution in [3.8, 4) is 0 Å². The third kappa shape index (κ3) is 3.36. The molecular formula is C5H10Cl2N4. The molecule has 64 valence electrons. The minimum atomic E-state index is 0. The number of nitrogen functional groups attached to an aromatic ring is 1. The van der Waals surface area contributed by atoms with Gasteiger partial charge in [-0.1, -0.05) is 0 Å². The quantitative estimate of drug-likeness (QED) is 0.681. The van der Waals surface area contributed by atoms with Crippen molar-refractivity contribution >= 4 is 30.6 Å². The maximum atomic E-state index is 5.38. The number of hydrogen-bond acceptors (Lipinski definition) is 4. The molecule has 0 unspecified atom stereocenters. The maximum Gasteiger partial charge on any atom is 0.146 e. The van der Waals surface area contributed by atoms with Crippen molar-refractivity contribution in [1.82, 2.24) is 9.97 Å². The van der Waals surface area contributed by atoms with Crippen molar-refractivity contribution in [2.45, 2.75) is 6.54 Å². The van der Waals surface area contributed by atoms with Crippen LogP contribution in [0.15, 0.2) is 12.4 Å². The molecule has 0 spiro atoms. The van der Waals surface area contributed by atoms with Crippen molar-refractivity contribution in [3.05, 3.63) is 18.1 Å². The second-order valence-electron chi connectivity index (χ2n) is 1.59. The fraction of sp³-hybridized carbons (Fsp3) is 0.200. The first-order valence-electron chi connectivity index (χ1n) is 2.60. The molecule has 0 radical (unpaired) electrons. The number of nitrogens with two attached hydrogens (primary N) is 2. The highest BCUT2D eigenvalue weighted by atomic mass is 35.5. The normalized spacial score (nSPS) is 7.73. The van der Waals surface area contributed by atoms with E-state index >= 15 is 0 Å². The molecule has 6 heteroatoms. The molecule has 1 heterocycles. The monoisotopic (exact) mass is 196 g/mol. The molecule has 0 saturated carbocycles. The van der Waals surface area contributed by atoms with Gasteiger partial charge in [0.25, 0.3) is 0 Å². The minimum Gasteiger partial charge on any atom is -0.382 e. The van der Waals surface area contributed by atoms with Gasteiger partial charge in [-0.2, -0.15) is 0 Å². The van der Waals surface area contributed by atoms with Crippen molar-refractivity contribution in [1.29, 1.82) is 0 Å². The van der Waals surface area contributed by atoms with Crippen molar-refractivity contribution < 1.29 is 0 Å². The third-order valence-electron chi connectivity index (χ3n) is 1.000. The first kappa shape index (κ1) is 13.0. The van der Waals surface area contributed by atoms with Gasteiger partial charge in [0.05, 0.1) is 5.69 Å². The lowest BCUT2D eigenvalue weighted by Crippen LogP contribution is -2.05. The van der Waals surface area contributed by atoms with E-state index < -0.39 is 0 Å². The van der Waals surface area contributed by atoms with Crippen LogP contribution in [0.3, 0.4) is 0 Å². The zero-order chi connectivity index (χ0) is 6.69. The van der Waals surface area contributed by atoms with Crippen LogP contribution in [0.25, 0.3) is 0 Å².